The Morgan fingerprint density at radius 3 is 2.14 bits per heavy atom. The van der Waals surface area contributed by atoms with Crippen molar-refractivity contribution in [1.29, 1.82) is 0 Å². The second-order valence-electron chi connectivity index (χ2n) is 11.7. The molecule has 0 radical (unpaired) electrons. The van der Waals surface area contributed by atoms with E-state index in [-0.39, 0.29) is 5.41 Å². The van der Waals surface area contributed by atoms with Crippen molar-refractivity contribution in [2.24, 2.45) is 0 Å². The lowest BCUT2D eigenvalue weighted by Gasteiger charge is -2.24. The van der Waals surface area contributed by atoms with Gasteiger partial charge in [-0.3, -0.25) is 4.57 Å². The number of rotatable bonds is 3. The normalized spacial score (nSPS) is 13.5. The van der Waals surface area contributed by atoms with E-state index in [0.717, 1.165) is 16.6 Å². The Morgan fingerprint density at radius 1 is 0.581 bits per heavy atom. The summed E-state index contributed by atoms with van der Waals surface area (Å²) in [7, 11) is 0. The first kappa shape index (κ1) is 24.5. The van der Waals surface area contributed by atoms with Crippen LogP contribution in [0.25, 0.3) is 70.9 Å². The maximum absolute atomic E-state index is 5.30. The number of fused-ring (bicyclic) bond motifs is 8. The molecule has 0 bridgehead atoms. The van der Waals surface area contributed by atoms with Gasteiger partial charge in [0, 0.05) is 53.4 Å². The van der Waals surface area contributed by atoms with Crippen molar-refractivity contribution in [2.75, 3.05) is 0 Å². The van der Waals surface area contributed by atoms with E-state index in [4.69, 9.17) is 15.0 Å². The second-order valence-corrected chi connectivity index (χ2v) is 12.7. The predicted molar refractivity (Wildman–Crippen MR) is 178 cm³/mol. The van der Waals surface area contributed by atoms with Gasteiger partial charge in [0.1, 0.15) is 0 Å². The molecular formula is C38H26N4S. The maximum Gasteiger partial charge on any atom is 0.238 e. The van der Waals surface area contributed by atoms with E-state index < -0.39 is 0 Å². The molecule has 0 fully saturated rings. The highest BCUT2D eigenvalue weighted by molar-refractivity contribution is 7.26. The minimum absolute atomic E-state index is 0.240. The second kappa shape index (κ2) is 8.93. The van der Waals surface area contributed by atoms with Crippen LogP contribution in [0.3, 0.4) is 0 Å². The third kappa shape index (κ3) is 3.46. The number of nitrogens with zero attached hydrogens (tertiary/aromatic N) is 4. The van der Waals surface area contributed by atoms with E-state index >= 15 is 0 Å². The van der Waals surface area contributed by atoms with Crippen LogP contribution < -0.4 is 0 Å². The van der Waals surface area contributed by atoms with Gasteiger partial charge in [0.15, 0.2) is 11.6 Å². The van der Waals surface area contributed by atoms with Gasteiger partial charge in [0.2, 0.25) is 5.95 Å². The summed E-state index contributed by atoms with van der Waals surface area (Å²) >= 11 is 1.79. The van der Waals surface area contributed by atoms with Crippen molar-refractivity contribution in [3.63, 3.8) is 0 Å². The summed E-state index contributed by atoms with van der Waals surface area (Å²) in [5.74, 6) is 1.99. The molecule has 0 unspecified atom stereocenters. The van der Waals surface area contributed by atoms with Gasteiger partial charge in [0.05, 0.1) is 5.52 Å². The standard InChI is InChI=1S/C38H26N4S/c1-38(2)29-20-9-6-16-26(29)32-27-17-7-10-21-30(27)42(34(32)38)37-40-35(23-13-4-3-5-14-23)39-36(41-37)28-19-12-18-25-24-15-8-11-22-31(24)43-33(25)28/h3-22H,1-2H3. The summed E-state index contributed by atoms with van der Waals surface area (Å²) in [4.78, 5) is 15.6. The molecule has 0 spiro atoms. The van der Waals surface area contributed by atoms with Crippen LogP contribution in [-0.2, 0) is 5.41 Å². The monoisotopic (exact) mass is 570 g/mol. The molecule has 8 aromatic rings. The minimum atomic E-state index is -0.240. The van der Waals surface area contributed by atoms with Crippen molar-refractivity contribution >= 4 is 42.4 Å². The van der Waals surface area contributed by atoms with Crippen molar-refractivity contribution in [1.82, 2.24) is 19.5 Å². The van der Waals surface area contributed by atoms with Crippen LogP contribution >= 0.6 is 11.3 Å². The van der Waals surface area contributed by atoms with Crippen LogP contribution in [0.2, 0.25) is 0 Å². The van der Waals surface area contributed by atoms with Gasteiger partial charge >= 0.3 is 0 Å². The van der Waals surface area contributed by atoms with Gasteiger partial charge in [-0.2, -0.15) is 9.97 Å². The molecule has 5 heteroatoms. The van der Waals surface area contributed by atoms with Crippen molar-refractivity contribution in [3.05, 3.63) is 133 Å². The van der Waals surface area contributed by atoms with Gasteiger partial charge in [-0.1, -0.05) is 117 Å². The highest BCUT2D eigenvalue weighted by Gasteiger charge is 2.41. The number of thiophene rings is 1. The van der Waals surface area contributed by atoms with Crippen LogP contribution in [0.5, 0.6) is 0 Å². The quantitative estimate of drug-likeness (QED) is 0.212. The summed E-state index contributed by atoms with van der Waals surface area (Å²) in [5.41, 5.74) is 7.94. The number of para-hydroxylation sites is 1. The van der Waals surface area contributed by atoms with E-state index in [2.05, 4.69) is 122 Å². The Balaban J connectivity index is 1.38. The lowest BCUT2D eigenvalue weighted by molar-refractivity contribution is 0.617. The zero-order chi connectivity index (χ0) is 28.7. The summed E-state index contributed by atoms with van der Waals surface area (Å²) in [6.45, 7) is 4.62. The molecule has 43 heavy (non-hydrogen) atoms. The van der Waals surface area contributed by atoms with Gasteiger partial charge in [-0.25, -0.2) is 4.98 Å². The molecule has 0 saturated heterocycles. The van der Waals surface area contributed by atoms with Gasteiger partial charge in [-0.05, 0) is 29.3 Å². The largest absolute Gasteiger partial charge is 0.281 e. The Bertz CT molecular complexity index is 2380. The van der Waals surface area contributed by atoms with E-state index in [9.17, 15) is 0 Å². The van der Waals surface area contributed by atoms with Crippen LogP contribution in [0, 0.1) is 0 Å². The van der Waals surface area contributed by atoms with Crippen molar-refractivity contribution in [2.45, 2.75) is 19.3 Å². The molecule has 0 atom stereocenters. The average molecular weight is 571 g/mol. The molecule has 3 aromatic heterocycles. The highest BCUT2D eigenvalue weighted by atomic mass is 32.1. The van der Waals surface area contributed by atoms with E-state index in [1.807, 2.05) is 18.2 Å². The molecular weight excluding hydrogens is 545 g/mol. The Morgan fingerprint density at radius 2 is 1.26 bits per heavy atom. The lowest BCUT2D eigenvalue weighted by Crippen LogP contribution is -2.21. The van der Waals surface area contributed by atoms with Crippen molar-refractivity contribution in [3.8, 4) is 39.9 Å². The van der Waals surface area contributed by atoms with Crippen LogP contribution in [0.15, 0.2) is 121 Å². The summed E-state index contributed by atoms with van der Waals surface area (Å²) in [5, 5.41) is 3.70. The van der Waals surface area contributed by atoms with E-state index in [0.29, 0.717) is 17.6 Å². The zero-order valence-corrected chi connectivity index (χ0v) is 24.6. The molecule has 5 aromatic carbocycles. The fourth-order valence-electron chi connectivity index (χ4n) is 6.91. The number of hydrogen-bond donors (Lipinski definition) is 0. The Kier molecular flexibility index (Phi) is 5.08. The number of aromatic nitrogens is 4. The number of hydrogen-bond acceptors (Lipinski definition) is 4. The first-order chi connectivity index (χ1) is 21.1. The first-order valence-corrected chi connectivity index (χ1v) is 15.4. The van der Waals surface area contributed by atoms with E-state index in [1.165, 1.54) is 47.9 Å². The highest BCUT2D eigenvalue weighted by Crippen LogP contribution is 2.53. The maximum atomic E-state index is 5.30. The van der Waals surface area contributed by atoms with Gasteiger partial charge in [0.25, 0.3) is 0 Å². The van der Waals surface area contributed by atoms with Gasteiger partial charge < -0.3 is 0 Å². The van der Waals surface area contributed by atoms with E-state index in [1.54, 1.807) is 11.3 Å². The molecule has 3 heterocycles. The molecule has 204 valence electrons. The third-order valence-electron chi connectivity index (χ3n) is 8.84. The lowest BCUT2D eigenvalue weighted by atomic mass is 9.85. The van der Waals surface area contributed by atoms with Crippen LogP contribution in [0.4, 0.5) is 0 Å². The molecule has 0 amide bonds. The molecule has 1 aliphatic rings. The van der Waals surface area contributed by atoms with Crippen molar-refractivity contribution < 1.29 is 0 Å². The predicted octanol–water partition coefficient (Wildman–Crippen LogP) is 9.82. The molecule has 0 N–H and O–H groups in total. The third-order valence-corrected chi connectivity index (χ3v) is 10.1. The Labute approximate surface area is 253 Å². The first-order valence-electron chi connectivity index (χ1n) is 14.6. The molecule has 0 aliphatic heterocycles. The fraction of sp³-hybridized carbons (Fsp3) is 0.0789. The summed E-state index contributed by atoms with van der Waals surface area (Å²) in [6, 6.07) is 42.7. The zero-order valence-electron chi connectivity index (χ0n) is 23.7. The van der Waals surface area contributed by atoms with Crippen LogP contribution in [-0.4, -0.2) is 19.5 Å². The fourth-order valence-corrected chi connectivity index (χ4v) is 8.12. The number of benzene rings is 5. The molecule has 0 saturated carbocycles. The summed E-state index contributed by atoms with van der Waals surface area (Å²) in [6.07, 6.45) is 0. The Hall–Kier alpha value is -5.13. The SMILES string of the molecule is CC1(C)c2ccccc2-c2c1n(-c1nc(-c3ccccc3)nc(-c3cccc4c3sc3ccccc34)n1)c1ccccc21. The van der Waals surface area contributed by atoms with Gasteiger partial charge in [-0.15, -0.1) is 11.3 Å². The van der Waals surface area contributed by atoms with Crippen LogP contribution in [0.1, 0.15) is 25.1 Å². The molecule has 4 nitrogen and oxygen atoms in total. The molecule has 1 aliphatic carbocycles. The average Bonchev–Trinajstić information content (AvgIpc) is 3.68. The topological polar surface area (TPSA) is 43.6 Å². The smallest absolute Gasteiger partial charge is 0.238 e. The summed E-state index contributed by atoms with van der Waals surface area (Å²) < 4.78 is 4.74. The molecule has 9 rings (SSSR count). The minimum Gasteiger partial charge on any atom is -0.281 e.